The van der Waals surface area contributed by atoms with Crippen molar-refractivity contribution in [1.82, 2.24) is 0 Å². The summed E-state index contributed by atoms with van der Waals surface area (Å²) in [6.45, 7) is 0. The Hall–Kier alpha value is -0.480. The molecule has 1 unspecified atom stereocenters. The van der Waals surface area contributed by atoms with Crippen LogP contribution in [0.15, 0.2) is 28.7 Å². The van der Waals surface area contributed by atoms with E-state index in [1.807, 2.05) is 24.3 Å². The van der Waals surface area contributed by atoms with Gasteiger partial charge in [0.25, 0.3) is 0 Å². The van der Waals surface area contributed by atoms with Gasteiger partial charge in [-0.25, -0.2) is 0 Å². The number of halogens is 1. The summed E-state index contributed by atoms with van der Waals surface area (Å²) in [6.07, 6.45) is 0. The Morgan fingerprint density at radius 2 is 2.36 bits per heavy atom. The molecule has 2 nitrogen and oxygen atoms in total. The molecular weight excluding hydrogens is 264 g/mol. The van der Waals surface area contributed by atoms with Crippen molar-refractivity contribution in [3.05, 3.63) is 34.3 Å². The molecule has 0 saturated heterocycles. The van der Waals surface area contributed by atoms with E-state index in [9.17, 15) is 4.79 Å². The van der Waals surface area contributed by atoms with Gasteiger partial charge in [0.15, 0.2) is 0 Å². The number of ether oxygens (including phenoxy) is 1. The Morgan fingerprint density at radius 3 is 2.86 bits per heavy atom. The third-order valence-electron chi connectivity index (χ3n) is 1.92. The SMILES string of the molecule is COC(=O)C(CS)c1cccc(Br)c1. The normalized spacial score (nSPS) is 12.2. The monoisotopic (exact) mass is 274 g/mol. The van der Waals surface area contributed by atoms with E-state index in [4.69, 9.17) is 4.74 Å². The molecule has 0 N–H and O–H groups in total. The van der Waals surface area contributed by atoms with Gasteiger partial charge in [-0.15, -0.1) is 0 Å². The predicted octanol–water partition coefficient (Wildman–Crippen LogP) is 2.64. The van der Waals surface area contributed by atoms with Gasteiger partial charge in [-0.3, -0.25) is 4.79 Å². The second-order valence-electron chi connectivity index (χ2n) is 2.81. The van der Waals surface area contributed by atoms with Crippen LogP contribution in [0.3, 0.4) is 0 Å². The quantitative estimate of drug-likeness (QED) is 0.678. The van der Waals surface area contributed by atoms with E-state index in [0.717, 1.165) is 10.0 Å². The van der Waals surface area contributed by atoms with E-state index >= 15 is 0 Å². The van der Waals surface area contributed by atoms with Gasteiger partial charge >= 0.3 is 5.97 Å². The van der Waals surface area contributed by atoms with Crippen molar-refractivity contribution in [1.29, 1.82) is 0 Å². The number of thiol groups is 1. The minimum absolute atomic E-state index is 0.252. The van der Waals surface area contributed by atoms with E-state index < -0.39 is 0 Å². The lowest BCUT2D eigenvalue weighted by Gasteiger charge is -2.12. The number of carbonyl (C=O) groups excluding carboxylic acids is 1. The minimum Gasteiger partial charge on any atom is -0.469 e. The number of benzene rings is 1. The topological polar surface area (TPSA) is 26.3 Å². The first-order valence-electron chi connectivity index (χ1n) is 4.13. The van der Waals surface area contributed by atoms with Crippen molar-refractivity contribution in [3.8, 4) is 0 Å². The summed E-state index contributed by atoms with van der Waals surface area (Å²) in [7, 11) is 1.39. The van der Waals surface area contributed by atoms with Gasteiger partial charge in [0.2, 0.25) is 0 Å². The molecule has 0 heterocycles. The summed E-state index contributed by atoms with van der Waals surface area (Å²) in [6, 6.07) is 7.59. The summed E-state index contributed by atoms with van der Waals surface area (Å²) in [5.41, 5.74) is 0.918. The molecule has 14 heavy (non-hydrogen) atoms. The second kappa shape index (κ2) is 5.41. The first kappa shape index (κ1) is 11.6. The van der Waals surface area contributed by atoms with Crippen LogP contribution in [-0.4, -0.2) is 18.8 Å². The molecule has 0 aromatic heterocycles. The molecule has 0 amide bonds. The molecule has 1 aromatic rings. The highest BCUT2D eigenvalue weighted by atomic mass is 79.9. The summed E-state index contributed by atoms with van der Waals surface area (Å²) in [5.74, 6) is -0.0951. The van der Waals surface area contributed by atoms with E-state index in [1.54, 1.807) is 0 Å². The Kier molecular flexibility index (Phi) is 4.48. The third-order valence-corrected chi connectivity index (χ3v) is 2.78. The predicted molar refractivity (Wildman–Crippen MR) is 62.8 cm³/mol. The van der Waals surface area contributed by atoms with Gasteiger partial charge in [-0.1, -0.05) is 28.1 Å². The molecule has 0 aliphatic heterocycles. The zero-order chi connectivity index (χ0) is 10.6. The largest absolute Gasteiger partial charge is 0.469 e. The number of hydrogen-bond acceptors (Lipinski definition) is 3. The maximum atomic E-state index is 11.4. The molecule has 0 saturated carbocycles. The van der Waals surface area contributed by atoms with Crippen LogP contribution >= 0.6 is 28.6 Å². The molecule has 1 atom stereocenters. The fourth-order valence-electron chi connectivity index (χ4n) is 1.18. The molecule has 0 radical (unpaired) electrons. The van der Waals surface area contributed by atoms with Crippen LogP contribution in [0, 0.1) is 0 Å². The molecule has 0 aliphatic carbocycles. The minimum atomic E-state index is -0.291. The number of rotatable bonds is 3. The van der Waals surface area contributed by atoms with Crippen molar-refractivity contribution in [3.63, 3.8) is 0 Å². The summed E-state index contributed by atoms with van der Waals surface area (Å²) >= 11 is 7.49. The van der Waals surface area contributed by atoms with Gasteiger partial charge in [-0.05, 0) is 17.7 Å². The average Bonchev–Trinajstić information content (AvgIpc) is 2.19. The molecule has 4 heteroatoms. The Balaban J connectivity index is 2.94. The summed E-state index contributed by atoms with van der Waals surface area (Å²) in [5, 5.41) is 0. The molecular formula is C10H11BrO2S. The maximum absolute atomic E-state index is 11.4. The zero-order valence-electron chi connectivity index (χ0n) is 7.74. The van der Waals surface area contributed by atoms with Crippen molar-refractivity contribution in [2.24, 2.45) is 0 Å². The van der Waals surface area contributed by atoms with Crippen LogP contribution in [0.25, 0.3) is 0 Å². The van der Waals surface area contributed by atoms with E-state index in [-0.39, 0.29) is 11.9 Å². The molecule has 0 spiro atoms. The fourth-order valence-corrected chi connectivity index (χ4v) is 1.96. The first-order valence-corrected chi connectivity index (χ1v) is 5.55. The lowest BCUT2D eigenvalue weighted by atomic mass is 10.0. The number of carbonyl (C=O) groups is 1. The standard InChI is InChI=1S/C10H11BrO2S/c1-13-10(12)9(6-14)7-3-2-4-8(11)5-7/h2-5,9,14H,6H2,1H3. The van der Waals surface area contributed by atoms with Gasteiger partial charge in [0.05, 0.1) is 13.0 Å². The Labute approximate surface area is 97.2 Å². The first-order chi connectivity index (χ1) is 6.69. The number of esters is 1. The Bertz CT molecular complexity index is 328. The lowest BCUT2D eigenvalue weighted by Crippen LogP contribution is -2.15. The Morgan fingerprint density at radius 1 is 1.64 bits per heavy atom. The van der Waals surface area contributed by atoms with Gasteiger partial charge in [0.1, 0.15) is 0 Å². The zero-order valence-corrected chi connectivity index (χ0v) is 10.2. The van der Waals surface area contributed by atoms with Gasteiger partial charge < -0.3 is 4.74 Å². The fraction of sp³-hybridized carbons (Fsp3) is 0.300. The molecule has 1 aromatic carbocycles. The molecule has 0 fully saturated rings. The van der Waals surface area contributed by atoms with Gasteiger partial charge in [-0.2, -0.15) is 12.6 Å². The van der Waals surface area contributed by atoms with Crippen LogP contribution in [-0.2, 0) is 9.53 Å². The maximum Gasteiger partial charge on any atom is 0.313 e. The summed E-state index contributed by atoms with van der Waals surface area (Å²) in [4.78, 5) is 11.4. The van der Waals surface area contributed by atoms with E-state index in [1.165, 1.54) is 7.11 Å². The highest BCUT2D eigenvalue weighted by molar-refractivity contribution is 9.10. The highest BCUT2D eigenvalue weighted by Crippen LogP contribution is 2.22. The smallest absolute Gasteiger partial charge is 0.313 e. The number of hydrogen-bond donors (Lipinski definition) is 1. The molecule has 1 rings (SSSR count). The summed E-state index contributed by atoms with van der Waals surface area (Å²) < 4.78 is 5.64. The number of methoxy groups -OCH3 is 1. The van der Waals surface area contributed by atoms with Crippen molar-refractivity contribution in [2.75, 3.05) is 12.9 Å². The van der Waals surface area contributed by atoms with Crippen molar-refractivity contribution in [2.45, 2.75) is 5.92 Å². The van der Waals surface area contributed by atoms with Crippen molar-refractivity contribution < 1.29 is 9.53 Å². The van der Waals surface area contributed by atoms with E-state index in [0.29, 0.717) is 5.75 Å². The molecule has 0 bridgehead atoms. The van der Waals surface area contributed by atoms with Crippen LogP contribution in [0.1, 0.15) is 11.5 Å². The average molecular weight is 275 g/mol. The van der Waals surface area contributed by atoms with Crippen LogP contribution in [0.2, 0.25) is 0 Å². The van der Waals surface area contributed by atoms with Crippen LogP contribution in [0.4, 0.5) is 0 Å². The van der Waals surface area contributed by atoms with Crippen molar-refractivity contribution >= 4 is 34.5 Å². The van der Waals surface area contributed by atoms with E-state index in [2.05, 4.69) is 28.6 Å². The lowest BCUT2D eigenvalue weighted by molar-refractivity contribution is -0.141. The van der Waals surface area contributed by atoms with Crippen LogP contribution in [0.5, 0.6) is 0 Å². The van der Waals surface area contributed by atoms with Crippen LogP contribution < -0.4 is 0 Å². The molecule has 76 valence electrons. The molecule has 0 aliphatic rings. The highest BCUT2D eigenvalue weighted by Gasteiger charge is 2.19. The van der Waals surface area contributed by atoms with Gasteiger partial charge in [0, 0.05) is 10.2 Å². The second-order valence-corrected chi connectivity index (χ2v) is 4.09. The third kappa shape index (κ3) is 2.75.